The molecule has 0 aliphatic carbocycles. The Morgan fingerprint density at radius 3 is 2.50 bits per heavy atom. The average Bonchev–Trinajstić information content (AvgIpc) is 2.56. The molecule has 0 bridgehead atoms. The average molecular weight is 331 g/mol. The van der Waals surface area contributed by atoms with Crippen LogP contribution in [0.3, 0.4) is 0 Å². The maximum Gasteiger partial charge on any atom is 0.320 e. The molecule has 1 aromatic carbocycles. The van der Waals surface area contributed by atoms with E-state index in [0.29, 0.717) is 18.7 Å². The van der Waals surface area contributed by atoms with Gasteiger partial charge in [-0.2, -0.15) is 0 Å². The first-order valence-electron chi connectivity index (χ1n) is 8.27. The van der Waals surface area contributed by atoms with E-state index in [1.165, 1.54) is 4.90 Å². The predicted molar refractivity (Wildman–Crippen MR) is 95.1 cm³/mol. The minimum atomic E-state index is -0.207. The van der Waals surface area contributed by atoms with Crippen LogP contribution in [0.4, 0.5) is 4.79 Å². The standard InChI is InChI=1S/C18H25N3O3/c1-4-20(5-2)18(24)21(8-9-22)12-15-11-14-10-13(3)6-7-16(14)19-17(15)23/h6-7,10-11,22H,4-5,8-9,12H2,1-3H3,(H,19,23). The lowest BCUT2D eigenvalue weighted by atomic mass is 10.1. The van der Waals surface area contributed by atoms with Crippen molar-refractivity contribution in [2.75, 3.05) is 26.2 Å². The van der Waals surface area contributed by atoms with Gasteiger partial charge in [0.25, 0.3) is 5.56 Å². The van der Waals surface area contributed by atoms with Crippen LogP contribution in [0.2, 0.25) is 0 Å². The van der Waals surface area contributed by atoms with Gasteiger partial charge in [0.1, 0.15) is 0 Å². The van der Waals surface area contributed by atoms with E-state index in [0.717, 1.165) is 16.5 Å². The number of H-pyrrole nitrogens is 1. The van der Waals surface area contributed by atoms with Crippen LogP contribution < -0.4 is 5.56 Å². The number of hydrogen-bond acceptors (Lipinski definition) is 3. The van der Waals surface area contributed by atoms with Crippen molar-refractivity contribution >= 4 is 16.9 Å². The molecule has 2 aromatic rings. The number of aryl methyl sites for hydroxylation is 1. The molecule has 0 atom stereocenters. The van der Waals surface area contributed by atoms with Gasteiger partial charge in [0, 0.05) is 30.7 Å². The van der Waals surface area contributed by atoms with Crippen molar-refractivity contribution in [1.29, 1.82) is 0 Å². The Bertz CT molecular complexity index is 766. The normalized spacial score (nSPS) is 10.8. The van der Waals surface area contributed by atoms with Crippen molar-refractivity contribution in [2.45, 2.75) is 27.3 Å². The third-order valence-electron chi connectivity index (χ3n) is 4.11. The number of aromatic nitrogens is 1. The lowest BCUT2D eigenvalue weighted by Crippen LogP contribution is -2.44. The SMILES string of the molecule is CCN(CC)C(=O)N(CCO)Cc1cc2cc(C)ccc2[nH]c1=O. The van der Waals surface area contributed by atoms with Gasteiger partial charge in [0.05, 0.1) is 13.2 Å². The second-order valence-electron chi connectivity index (χ2n) is 5.81. The Morgan fingerprint density at radius 1 is 1.17 bits per heavy atom. The number of nitrogens with zero attached hydrogens (tertiary/aromatic N) is 2. The van der Waals surface area contributed by atoms with Crippen LogP contribution in [0.25, 0.3) is 10.9 Å². The van der Waals surface area contributed by atoms with Gasteiger partial charge in [0.15, 0.2) is 0 Å². The first kappa shape index (κ1) is 18.0. The van der Waals surface area contributed by atoms with E-state index in [9.17, 15) is 14.7 Å². The Morgan fingerprint density at radius 2 is 1.88 bits per heavy atom. The molecule has 0 aliphatic heterocycles. The second-order valence-corrected chi connectivity index (χ2v) is 5.81. The van der Waals surface area contributed by atoms with Crippen LogP contribution in [0, 0.1) is 6.92 Å². The van der Waals surface area contributed by atoms with Crippen molar-refractivity contribution in [2.24, 2.45) is 0 Å². The first-order chi connectivity index (χ1) is 11.5. The lowest BCUT2D eigenvalue weighted by Gasteiger charge is -2.28. The van der Waals surface area contributed by atoms with Gasteiger partial charge in [-0.3, -0.25) is 4.79 Å². The third-order valence-corrected chi connectivity index (χ3v) is 4.11. The molecule has 2 N–H and O–H groups in total. The monoisotopic (exact) mass is 331 g/mol. The van der Waals surface area contributed by atoms with Crippen LogP contribution >= 0.6 is 0 Å². The molecule has 1 aromatic heterocycles. The first-order valence-corrected chi connectivity index (χ1v) is 8.27. The second kappa shape index (κ2) is 7.97. The van der Waals surface area contributed by atoms with E-state index in [2.05, 4.69) is 4.98 Å². The van der Waals surface area contributed by atoms with E-state index in [1.807, 2.05) is 45.0 Å². The summed E-state index contributed by atoms with van der Waals surface area (Å²) in [5.41, 5.74) is 2.19. The molecule has 2 amide bonds. The topological polar surface area (TPSA) is 76.6 Å². The number of pyridine rings is 1. The smallest absolute Gasteiger partial charge is 0.320 e. The van der Waals surface area contributed by atoms with E-state index in [-0.39, 0.29) is 31.3 Å². The summed E-state index contributed by atoms with van der Waals surface area (Å²) in [5, 5.41) is 10.2. The van der Waals surface area contributed by atoms with Gasteiger partial charge in [-0.25, -0.2) is 4.79 Å². The number of amides is 2. The summed E-state index contributed by atoms with van der Waals surface area (Å²) in [6, 6.07) is 7.47. The van der Waals surface area contributed by atoms with Crippen LogP contribution in [-0.4, -0.2) is 52.2 Å². The summed E-state index contributed by atoms with van der Waals surface area (Å²) < 4.78 is 0. The van der Waals surface area contributed by atoms with Gasteiger partial charge >= 0.3 is 6.03 Å². The molecular weight excluding hydrogens is 306 g/mol. The maximum absolute atomic E-state index is 12.6. The van der Waals surface area contributed by atoms with Crippen molar-refractivity contribution in [3.63, 3.8) is 0 Å². The number of aliphatic hydroxyl groups excluding tert-OH is 1. The summed E-state index contributed by atoms with van der Waals surface area (Å²) in [7, 11) is 0. The van der Waals surface area contributed by atoms with Gasteiger partial charge in [-0.1, -0.05) is 11.6 Å². The van der Waals surface area contributed by atoms with Gasteiger partial charge in [0.2, 0.25) is 0 Å². The fourth-order valence-corrected chi connectivity index (χ4v) is 2.75. The fraction of sp³-hybridized carbons (Fsp3) is 0.444. The third kappa shape index (κ3) is 3.94. The Hall–Kier alpha value is -2.34. The quantitative estimate of drug-likeness (QED) is 0.851. The number of nitrogens with one attached hydrogen (secondary N) is 1. The number of rotatable bonds is 6. The molecule has 130 valence electrons. The predicted octanol–water partition coefficient (Wildman–Crippen LogP) is 2.09. The molecule has 0 aliphatic rings. The number of urea groups is 1. The maximum atomic E-state index is 12.6. The highest BCUT2D eigenvalue weighted by Crippen LogP contribution is 2.14. The number of aromatic amines is 1. The summed E-state index contributed by atoms with van der Waals surface area (Å²) in [6.07, 6.45) is 0. The molecule has 6 nitrogen and oxygen atoms in total. The summed E-state index contributed by atoms with van der Waals surface area (Å²) >= 11 is 0. The van der Waals surface area contributed by atoms with Crippen molar-refractivity contribution in [3.8, 4) is 0 Å². The Balaban J connectivity index is 2.35. The number of hydrogen-bond donors (Lipinski definition) is 2. The van der Waals surface area contributed by atoms with Crippen LogP contribution in [-0.2, 0) is 6.54 Å². The zero-order valence-corrected chi connectivity index (χ0v) is 14.5. The lowest BCUT2D eigenvalue weighted by molar-refractivity contribution is 0.140. The van der Waals surface area contributed by atoms with Crippen LogP contribution in [0.1, 0.15) is 25.0 Å². The fourth-order valence-electron chi connectivity index (χ4n) is 2.75. The molecule has 6 heteroatoms. The molecule has 0 saturated heterocycles. The molecular formula is C18H25N3O3. The summed E-state index contributed by atoms with van der Waals surface area (Å²) in [6.45, 7) is 7.21. The molecule has 0 spiro atoms. The number of fused-ring (bicyclic) bond motifs is 1. The van der Waals surface area contributed by atoms with Crippen molar-refractivity contribution < 1.29 is 9.90 Å². The zero-order valence-electron chi connectivity index (χ0n) is 14.5. The number of carbonyl (C=O) groups excluding carboxylic acids is 1. The molecule has 0 unspecified atom stereocenters. The van der Waals surface area contributed by atoms with Crippen molar-refractivity contribution in [1.82, 2.24) is 14.8 Å². The minimum Gasteiger partial charge on any atom is -0.395 e. The highest BCUT2D eigenvalue weighted by atomic mass is 16.3. The molecule has 1 heterocycles. The van der Waals surface area contributed by atoms with E-state index in [1.54, 1.807) is 4.90 Å². The van der Waals surface area contributed by atoms with Gasteiger partial charge in [-0.05, 0) is 44.4 Å². The van der Waals surface area contributed by atoms with E-state index < -0.39 is 0 Å². The Kier molecular flexibility index (Phi) is 5.98. The number of benzene rings is 1. The largest absolute Gasteiger partial charge is 0.395 e. The highest BCUT2D eigenvalue weighted by Gasteiger charge is 2.19. The summed E-state index contributed by atoms with van der Waals surface area (Å²) in [4.78, 5) is 30.9. The summed E-state index contributed by atoms with van der Waals surface area (Å²) in [5.74, 6) is 0. The van der Waals surface area contributed by atoms with E-state index in [4.69, 9.17) is 0 Å². The van der Waals surface area contributed by atoms with Crippen LogP contribution in [0.5, 0.6) is 0 Å². The molecule has 0 radical (unpaired) electrons. The zero-order chi connectivity index (χ0) is 17.7. The number of aliphatic hydroxyl groups is 1. The Labute approximate surface area is 141 Å². The molecule has 0 fully saturated rings. The molecule has 24 heavy (non-hydrogen) atoms. The minimum absolute atomic E-state index is 0.141. The van der Waals surface area contributed by atoms with Gasteiger partial charge < -0.3 is 19.9 Å². The van der Waals surface area contributed by atoms with Gasteiger partial charge in [-0.15, -0.1) is 0 Å². The van der Waals surface area contributed by atoms with Crippen LogP contribution in [0.15, 0.2) is 29.1 Å². The van der Waals surface area contributed by atoms with E-state index >= 15 is 0 Å². The van der Waals surface area contributed by atoms with Crippen molar-refractivity contribution in [3.05, 3.63) is 45.7 Å². The molecule has 0 saturated carbocycles. The molecule has 2 rings (SSSR count). The highest BCUT2D eigenvalue weighted by molar-refractivity contribution is 5.80. The number of carbonyl (C=O) groups is 1.